The molecule has 0 aliphatic carbocycles. The van der Waals surface area contributed by atoms with Crippen molar-refractivity contribution in [2.24, 2.45) is 0 Å². The molecule has 3 rings (SSSR count). The maximum atomic E-state index is 12.6. The number of fused-ring (bicyclic) bond motifs is 1. The van der Waals surface area contributed by atoms with Crippen LogP contribution in [0.3, 0.4) is 0 Å². The number of carbonyl (C=O) groups is 1. The lowest BCUT2D eigenvalue weighted by atomic mass is 10.0. The molecule has 3 N–H and O–H groups in total. The Morgan fingerprint density at radius 1 is 1.24 bits per heavy atom. The minimum Gasteiger partial charge on any atom is -0.355 e. The van der Waals surface area contributed by atoms with Gasteiger partial charge in [-0.05, 0) is 43.0 Å². The van der Waals surface area contributed by atoms with Crippen LogP contribution < -0.4 is 15.4 Å². The number of hydrogen-bond donors (Lipinski definition) is 3. The molecule has 1 aromatic carbocycles. The molecule has 21 heavy (non-hydrogen) atoms. The summed E-state index contributed by atoms with van der Waals surface area (Å²) in [6, 6.07) is 4.64. The summed E-state index contributed by atoms with van der Waals surface area (Å²) >= 11 is 0. The molecule has 2 aliphatic heterocycles. The number of piperidine rings is 1. The van der Waals surface area contributed by atoms with Crippen molar-refractivity contribution in [2.75, 3.05) is 13.1 Å². The molecular formula is C14H19N3O3S. The molecule has 2 heterocycles. The minimum absolute atomic E-state index is 0.240. The van der Waals surface area contributed by atoms with E-state index >= 15 is 0 Å². The third-order valence-electron chi connectivity index (χ3n) is 3.97. The van der Waals surface area contributed by atoms with Crippen molar-refractivity contribution in [3.8, 4) is 0 Å². The van der Waals surface area contributed by atoms with E-state index < -0.39 is 16.1 Å². The smallest absolute Gasteiger partial charge is 0.241 e. The Labute approximate surface area is 124 Å². The Morgan fingerprint density at radius 2 is 2.10 bits per heavy atom. The molecule has 0 aromatic heterocycles. The van der Waals surface area contributed by atoms with Gasteiger partial charge in [0.25, 0.3) is 0 Å². The summed E-state index contributed by atoms with van der Waals surface area (Å²) in [4.78, 5) is 12.0. The molecule has 114 valence electrons. The van der Waals surface area contributed by atoms with Crippen LogP contribution in [0.25, 0.3) is 0 Å². The summed E-state index contributed by atoms with van der Waals surface area (Å²) in [6.07, 6.45) is 2.01. The predicted octanol–water partition coefficient (Wildman–Crippen LogP) is -0.111. The molecule has 0 bridgehead atoms. The van der Waals surface area contributed by atoms with E-state index in [0.717, 1.165) is 24.1 Å². The monoisotopic (exact) mass is 309 g/mol. The Bertz CT molecular complexity index is 657. The van der Waals surface area contributed by atoms with Crippen molar-refractivity contribution in [3.05, 3.63) is 29.3 Å². The average molecular weight is 309 g/mol. The zero-order chi connectivity index (χ0) is 14.9. The highest BCUT2D eigenvalue weighted by atomic mass is 32.2. The summed E-state index contributed by atoms with van der Waals surface area (Å²) in [7, 11) is -3.67. The van der Waals surface area contributed by atoms with Gasteiger partial charge in [-0.15, -0.1) is 0 Å². The van der Waals surface area contributed by atoms with Gasteiger partial charge in [-0.3, -0.25) is 4.79 Å². The van der Waals surface area contributed by atoms with Crippen molar-refractivity contribution in [2.45, 2.75) is 36.7 Å². The van der Waals surface area contributed by atoms with Crippen LogP contribution >= 0.6 is 0 Å². The molecule has 1 fully saturated rings. The van der Waals surface area contributed by atoms with Crippen LogP contribution in [-0.4, -0.2) is 33.5 Å². The van der Waals surface area contributed by atoms with Crippen LogP contribution in [0.1, 0.15) is 24.0 Å². The second-order valence-electron chi connectivity index (χ2n) is 5.43. The number of nitrogens with one attached hydrogen (secondary N) is 3. The number of carbonyl (C=O) groups excluding carboxylic acids is 1. The quantitative estimate of drug-likeness (QED) is 0.727. The van der Waals surface area contributed by atoms with Gasteiger partial charge in [0.15, 0.2) is 0 Å². The number of rotatable bonds is 3. The molecule has 0 spiro atoms. The van der Waals surface area contributed by atoms with E-state index in [-0.39, 0.29) is 5.91 Å². The lowest BCUT2D eigenvalue weighted by molar-refractivity contribution is -0.124. The summed E-state index contributed by atoms with van der Waals surface area (Å²) in [5.74, 6) is -0.240. The Hall–Kier alpha value is -1.44. The van der Waals surface area contributed by atoms with Crippen molar-refractivity contribution in [1.82, 2.24) is 15.4 Å². The van der Waals surface area contributed by atoms with E-state index in [9.17, 15) is 13.2 Å². The van der Waals surface area contributed by atoms with Gasteiger partial charge in [-0.2, -0.15) is 4.72 Å². The molecule has 0 radical (unpaired) electrons. The minimum atomic E-state index is -3.67. The van der Waals surface area contributed by atoms with Gasteiger partial charge >= 0.3 is 0 Å². The fourth-order valence-electron chi connectivity index (χ4n) is 2.88. The van der Waals surface area contributed by atoms with Crippen LogP contribution in [0.15, 0.2) is 23.1 Å². The van der Waals surface area contributed by atoms with Gasteiger partial charge in [0.1, 0.15) is 6.04 Å². The standard InChI is InChI=1S/C14H19N3O3S/c18-14-12(4-2-7-16-14)17-21(19,20)13-5-1-3-10-9-15-8-6-11(10)13/h1,3,5,12,15,17H,2,4,6-9H2,(H,16,18). The van der Waals surface area contributed by atoms with Crippen LogP contribution in [0.5, 0.6) is 0 Å². The predicted molar refractivity (Wildman–Crippen MR) is 78.2 cm³/mol. The van der Waals surface area contributed by atoms with E-state index in [1.54, 1.807) is 12.1 Å². The third kappa shape index (κ3) is 2.95. The number of benzene rings is 1. The zero-order valence-corrected chi connectivity index (χ0v) is 12.5. The largest absolute Gasteiger partial charge is 0.355 e. The summed E-state index contributed by atoms with van der Waals surface area (Å²) in [5.41, 5.74) is 1.87. The second kappa shape index (κ2) is 5.75. The van der Waals surface area contributed by atoms with Crippen LogP contribution in [0.4, 0.5) is 0 Å². The van der Waals surface area contributed by atoms with Crippen molar-refractivity contribution in [1.29, 1.82) is 0 Å². The first-order chi connectivity index (χ1) is 10.1. The lowest BCUT2D eigenvalue weighted by Crippen LogP contribution is -2.50. The molecule has 2 aliphatic rings. The maximum absolute atomic E-state index is 12.6. The Kier molecular flexibility index (Phi) is 3.97. The van der Waals surface area contributed by atoms with E-state index in [1.807, 2.05) is 6.07 Å². The van der Waals surface area contributed by atoms with E-state index in [2.05, 4.69) is 15.4 Å². The Balaban J connectivity index is 1.90. The molecule has 0 saturated carbocycles. The van der Waals surface area contributed by atoms with Crippen LogP contribution in [0.2, 0.25) is 0 Å². The van der Waals surface area contributed by atoms with Gasteiger partial charge in [-0.1, -0.05) is 12.1 Å². The topological polar surface area (TPSA) is 87.3 Å². The van der Waals surface area contributed by atoms with Crippen molar-refractivity contribution >= 4 is 15.9 Å². The number of sulfonamides is 1. The van der Waals surface area contributed by atoms with Gasteiger partial charge in [0.2, 0.25) is 15.9 Å². The maximum Gasteiger partial charge on any atom is 0.241 e. The second-order valence-corrected chi connectivity index (χ2v) is 7.11. The molecular weight excluding hydrogens is 290 g/mol. The highest BCUT2D eigenvalue weighted by Gasteiger charge is 2.29. The molecule has 1 atom stereocenters. The van der Waals surface area contributed by atoms with E-state index in [1.165, 1.54) is 0 Å². The lowest BCUT2D eigenvalue weighted by Gasteiger charge is -2.25. The fraction of sp³-hybridized carbons (Fsp3) is 0.500. The third-order valence-corrected chi connectivity index (χ3v) is 5.53. The highest BCUT2D eigenvalue weighted by Crippen LogP contribution is 2.23. The van der Waals surface area contributed by atoms with Gasteiger partial charge < -0.3 is 10.6 Å². The molecule has 1 amide bonds. The molecule has 1 saturated heterocycles. The number of hydrogen-bond acceptors (Lipinski definition) is 4. The summed E-state index contributed by atoms with van der Waals surface area (Å²) in [5, 5.41) is 5.92. The van der Waals surface area contributed by atoms with Gasteiger partial charge in [0.05, 0.1) is 4.90 Å². The van der Waals surface area contributed by atoms with Crippen LogP contribution in [0, 0.1) is 0 Å². The normalized spacial score (nSPS) is 22.5. The molecule has 1 unspecified atom stereocenters. The SMILES string of the molecule is O=C1NCCCC1NS(=O)(=O)c1cccc2c1CCNC2. The highest BCUT2D eigenvalue weighted by molar-refractivity contribution is 7.89. The van der Waals surface area contributed by atoms with E-state index in [0.29, 0.717) is 30.8 Å². The fourth-order valence-corrected chi connectivity index (χ4v) is 4.43. The molecule has 6 nitrogen and oxygen atoms in total. The summed E-state index contributed by atoms with van der Waals surface area (Å²) < 4.78 is 27.8. The average Bonchev–Trinajstić information content (AvgIpc) is 2.49. The Morgan fingerprint density at radius 3 is 2.90 bits per heavy atom. The van der Waals surface area contributed by atoms with Gasteiger partial charge in [0, 0.05) is 13.1 Å². The molecule has 1 aromatic rings. The summed E-state index contributed by atoms with van der Waals surface area (Å²) in [6.45, 7) is 2.07. The van der Waals surface area contributed by atoms with Crippen molar-refractivity contribution < 1.29 is 13.2 Å². The van der Waals surface area contributed by atoms with E-state index in [4.69, 9.17) is 0 Å². The number of amides is 1. The van der Waals surface area contributed by atoms with Gasteiger partial charge in [-0.25, -0.2) is 8.42 Å². The first-order valence-electron chi connectivity index (χ1n) is 7.19. The first kappa shape index (κ1) is 14.5. The zero-order valence-electron chi connectivity index (χ0n) is 11.7. The van der Waals surface area contributed by atoms with Crippen LogP contribution in [-0.2, 0) is 27.8 Å². The van der Waals surface area contributed by atoms with Crippen molar-refractivity contribution in [3.63, 3.8) is 0 Å². The molecule has 7 heteroatoms. The first-order valence-corrected chi connectivity index (χ1v) is 8.68.